The van der Waals surface area contributed by atoms with Gasteiger partial charge in [-0.3, -0.25) is 9.89 Å². The number of halogens is 3. The van der Waals surface area contributed by atoms with Crippen molar-refractivity contribution >= 4 is 17.3 Å². The van der Waals surface area contributed by atoms with Crippen molar-refractivity contribution in [2.75, 3.05) is 18.5 Å². The fourth-order valence-electron chi connectivity index (χ4n) is 4.52. The van der Waals surface area contributed by atoms with Crippen LogP contribution in [-0.2, 0) is 11.3 Å². The van der Waals surface area contributed by atoms with E-state index in [0.29, 0.717) is 23.6 Å². The summed E-state index contributed by atoms with van der Waals surface area (Å²) in [6.07, 6.45) is 9.00. The van der Waals surface area contributed by atoms with Crippen LogP contribution in [0.1, 0.15) is 30.9 Å². The van der Waals surface area contributed by atoms with Gasteiger partial charge in [0.25, 0.3) is 0 Å². The van der Waals surface area contributed by atoms with Crippen LogP contribution in [0.3, 0.4) is 0 Å². The number of rotatable bonds is 7. The highest BCUT2D eigenvalue weighted by Gasteiger charge is 2.49. The minimum absolute atomic E-state index is 0.00977. The van der Waals surface area contributed by atoms with Crippen LogP contribution in [0.25, 0.3) is 17.0 Å². The second-order valence-corrected chi connectivity index (χ2v) is 9.57. The number of alkyl halides is 2. The zero-order chi connectivity index (χ0) is 27.6. The number of benzene rings is 1. The number of aromatic amines is 1. The summed E-state index contributed by atoms with van der Waals surface area (Å²) >= 11 is 0. The third-order valence-electron chi connectivity index (χ3n) is 6.68. The van der Waals surface area contributed by atoms with E-state index in [-0.39, 0.29) is 30.7 Å². The minimum atomic E-state index is -2.75. The molecule has 1 amide bonds. The maximum atomic E-state index is 14.6. The quantitative estimate of drug-likeness (QED) is 0.395. The van der Waals surface area contributed by atoms with Gasteiger partial charge in [0.2, 0.25) is 11.8 Å². The first-order valence-corrected chi connectivity index (χ1v) is 12.4. The monoisotopic (exact) mass is 536 g/mol. The van der Waals surface area contributed by atoms with Gasteiger partial charge in [-0.1, -0.05) is 30.9 Å². The SMILES string of the molecule is C=C/C(=C\C=C(/C)Nc1nc(-c2ccc3c(c2)OCCN(C(=O)C2CC(F)(F)C2)C3)ncc1F)c1cn[nH]c1. The molecular formula is C28H27F3N6O2. The molecular weight excluding hydrogens is 509 g/mol. The van der Waals surface area contributed by atoms with Gasteiger partial charge >= 0.3 is 0 Å². The van der Waals surface area contributed by atoms with Crippen LogP contribution in [-0.4, -0.2) is 50.0 Å². The number of carbonyl (C=O) groups excluding carboxylic acids is 1. The molecule has 39 heavy (non-hydrogen) atoms. The Bertz CT molecular complexity index is 1440. The van der Waals surface area contributed by atoms with Crippen molar-refractivity contribution in [2.24, 2.45) is 5.92 Å². The lowest BCUT2D eigenvalue weighted by Gasteiger charge is -2.36. The molecule has 11 heteroatoms. The lowest BCUT2D eigenvalue weighted by Crippen LogP contribution is -2.47. The molecule has 1 fully saturated rings. The summed E-state index contributed by atoms with van der Waals surface area (Å²) in [5, 5.41) is 9.65. The van der Waals surface area contributed by atoms with E-state index in [1.807, 2.05) is 6.08 Å². The fourth-order valence-corrected chi connectivity index (χ4v) is 4.52. The van der Waals surface area contributed by atoms with Crippen LogP contribution in [0.2, 0.25) is 0 Å². The van der Waals surface area contributed by atoms with Crippen molar-refractivity contribution < 1.29 is 22.7 Å². The molecule has 5 rings (SSSR count). The molecule has 1 saturated carbocycles. The maximum Gasteiger partial charge on any atom is 0.249 e. The smallest absolute Gasteiger partial charge is 0.249 e. The molecule has 3 aromatic rings. The number of aromatic nitrogens is 4. The lowest BCUT2D eigenvalue weighted by molar-refractivity contribution is -0.160. The van der Waals surface area contributed by atoms with Gasteiger partial charge in [-0.25, -0.2) is 23.1 Å². The Kier molecular flexibility index (Phi) is 7.23. The average Bonchev–Trinajstić information content (AvgIpc) is 3.34. The topological polar surface area (TPSA) is 96.0 Å². The third kappa shape index (κ3) is 5.87. The van der Waals surface area contributed by atoms with Crippen LogP contribution >= 0.6 is 0 Å². The highest BCUT2D eigenvalue weighted by atomic mass is 19.3. The van der Waals surface area contributed by atoms with Gasteiger partial charge in [-0.15, -0.1) is 0 Å². The number of nitrogens with one attached hydrogen (secondary N) is 2. The van der Waals surface area contributed by atoms with Crippen LogP contribution in [0.15, 0.2) is 67.3 Å². The summed E-state index contributed by atoms with van der Waals surface area (Å²) in [5.74, 6) is -3.46. The molecule has 2 aliphatic rings. The number of hydrogen-bond acceptors (Lipinski definition) is 6. The number of hydrogen-bond donors (Lipinski definition) is 2. The minimum Gasteiger partial charge on any atom is -0.491 e. The van der Waals surface area contributed by atoms with E-state index in [4.69, 9.17) is 4.74 Å². The van der Waals surface area contributed by atoms with Crippen molar-refractivity contribution in [2.45, 2.75) is 32.2 Å². The van der Waals surface area contributed by atoms with E-state index in [2.05, 4.69) is 32.1 Å². The highest BCUT2D eigenvalue weighted by molar-refractivity contribution is 5.80. The van der Waals surface area contributed by atoms with Crippen molar-refractivity contribution in [1.29, 1.82) is 0 Å². The maximum absolute atomic E-state index is 14.6. The molecule has 0 atom stereocenters. The van der Waals surface area contributed by atoms with E-state index < -0.39 is 30.5 Å². The number of anilines is 1. The Morgan fingerprint density at radius 3 is 2.82 bits per heavy atom. The normalized spacial score (nSPS) is 17.5. The molecule has 1 aromatic carbocycles. The predicted octanol–water partition coefficient (Wildman–Crippen LogP) is 5.36. The molecule has 202 valence electrons. The molecule has 0 unspecified atom stereocenters. The van der Waals surface area contributed by atoms with Crippen LogP contribution < -0.4 is 10.1 Å². The number of amides is 1. The Balaban J connectivity index is 1.31. The van der Waals surface area contributed by atoms with E-state index in [1.165, 1.54) is 0 Å². The van der Waals surface area contributed by atoms with E-state index >= 15 is 0 Å². The number of carbonyl (C=O) groups is 1. The Hall–Kier alpha value is -4.41. The summed E-state index contributed by atoms with van der Waals surface area (Å²) in [5.41, 5.74) is 3.69. The zero-order valence-corrected chi connectivity index (χ0v) is 21.3. The van der Waals surface area contributed by atoms with Gasteiger partial charge in [0.1, 0.15) is 12.4 Å². The van der Waals surface area contributed by atoms with Crippen molar-refractivity contribution in [3.63, 3.8) is 0 Å². The summed E-state index contributed by atoms with van der Waals surface area (Å²) in [4.78, 5) is 22.8. The first-order chi connectivity index (χ1) is 18.7. The van der Waals surface area contributed by atoms with Crippen molar-refractivity contribution in [1.82, 2.24) is 25.1 Å². The molecule has 0 spiro atoms. The predicted molar refractivity (Wildman–Crippen MR) is 140 cm³/mol. The van der Waals surface area contributed by atoms with Gasteiger partial charge in [0.15, 0.2) is 17.5 Å². The molecule has 0 radical (unpaired) electrons. The number of H-pyrrole nitrogens is 1. The molecule has 0 bridgehead atoms. The second kappa shape index (κ2) is 10.8. The first kappa shape index (κ1) is 26.2. The van der Waals surface area contributed by atoms with Gasteiger partial charge in [0, 0.05) is 53.9 Å². The van der Waals surface area contributed by atoms with E-state index in [0.717, 1.165) is 22.9 Å². The molecule has 1 aliphatic heterocycles. The highest BCUT2D eigenvalue weighted by Crippen LogP contribution is 2.43. The Morgan fingerprint density at radius 2 is 2.10 bits per heavy atom. The number of fused-ring (bicyclic) bond motifs is 1. The molecule has 2 aromatic heterocycles. The standard InChI is InChI=1S/C28H27F3N6O2/c1-3-18(22-13-33-34-14-22)5-4-17(2)35-26-23(29)15-32-25(36-26)19-6-7-20-16-37(8-9-39-24(20)10-19)27(38)21-11-28(30,31)12-21/h3-7,10,13-15,21H,1,8-9,11-12,16H2,2H3,(H,33,34)(H,32,35,36)/b17-4+,18-5+. The van der Waals surface area contributed by atoms with Crippen molar-refractivity contribution in [3.05, 3.63) is 84.2 Å². The zero-order valence-electron chi connectivity index (χ0n) is 21.3. The summed E-state index contributed by atoms with van der Waals surface area (Å²) in [6, 6.07) is 5.29. The number of allylic oxidation sites excluding steroid dienone is 5. The molecule has 2 N–H and O–H groups in total. The van der Waals surface area contributed by atoms with Gasteiger partial charge in [-0.05, 0) is 24.6 Å². The summed E-state index contributed by atoms with van der Waals surface area (Å²) < 4.78 is 46.9. The molecule has 0 saturated heterocycles. The Labute approximate surface area is 223 Å². The Morgan fingerprint density at radius 1 is 1.28 bits per heavy atom. The summed E-state index contributed by atoms with van der Waals surface area (Å²) in [7, 11) is 0. The first-order valence-electron chi connectivity index (χ1n) is 12.4. The van der Waals surface area contributed by atoms with Gasteiger partial charge < -0.3 is 15.0 Å². The van der Waals surface area contributed by atoms with Crippen molar-refractivity contribution in [3.8, 4) is 17.1 Å². The van der Waals surface area contributed by atoms with Crippen LogP contribution in [0.4, 0.5) is 19.0 Å². The van der Waals surface area contributed by atoms with E-state index in [1.54, 1.807) is 54.6 Å². The second-order valence-electron chi connectivity index (χ2n) is 9.57. The average molecular weight is 537 g/mol. The van der Waals surface area contributed by atoms with Crippen LogP contribution in [0, 0.1) is 11.7 Å². The van der Waals surface area contributed by atoms with Crippen LogP contribution in [0.5, 0.6) is 5.75 Å². The van der Waals surface area contributed by atoms with Gasteiger partial charge in [0.05, 0.1) is 18.9 Å². The number of ether oxygens (including phenoxy) is 1. The lowest BCUT2D eigenvalue weighted by atomic mass is 9.80. The third-order valence-corrected chi connectivity index (χ3v) is 6.68. The largest absolute Gasteiger partial charge is 0.491 e. The molecule has 1 aliphatic carbocycles. The molecule has 3 heterocycles. The fraction of sp³-hybridized carbons (Fsp3) is 0.286. The number of nitrogens with zero attached hydrogens (tertiary/aromatic N) is 4. The molecule has 8 nitrogen and oxygen atoms in total. The summed E-state index contributed by atoms with van der Waals surface area (Å²) in [6.45, 7) is 6.38. The van der Waals surface area contributed by atoms with E-state index in [9.17, 15) is 18.0 Å². The van der Waals surface area contributed by atoms with Gasteiger partial charge in [-0.2, -0.15) is 5.10 Å².